The van der Waals surface area contributed by atoms with Gasteiger partial charge in [0.2, 0.25) is 0 Å². The van der Waals surface area contributed by atoms with Gasteiger partial charge in [-0.1, -0.05) is 17.4 Å². The summed E-state index contributed by atoms with van der Waals surface area (Å²) in [6.45, 7) is 6.59. The molecule has 0 aliphatic carbocycles. The number of para-hydroxylation sites is 1. The number of rotatable bonds is 3. The molecule has 0 spiro atoms. The Hall–Kier alpha value is -2.02. The zero-order valence-corrected chi connectivity index (χ0v) is 14.5. The van der Waals surface area contributed by atoms with E-state index < -0.39 is 5.60 Å². The topological polar surface area (TPSA) is 60.9 Å². The van der Waals surface area contributed by atoms with Crippen molar-refractivity contribution in [2.75, 3.05) is 20.2 Å². The number of nitrogens with zero attached hydrogens (tertiary/aromatic N) is 2. The molecule has 1 fully saturated rings. The van der Waals surface area contributed by atoms with Crippen molar-refractivity contribution in [1.82, 2.24) is 9.88 Å². The molecule has 0 N–H and O–H groups in total. The smallest absolute Gasteiger partial charge is 0.410 e. The SMILES string of the molecule is COc1cccc2sc(OC3CN(C(=O)OC(C)(C)C)C3)nc12. The molecule has 1 aliphatic rings. The van der Waals surface area contributed by atoms with Gasteiger partial charge in [0.15, 0.2) is 0 Å². The fourth-order valence-electron chi connectivity index (χ4n) is 2.25. The molecule has 1 aromatic heterocycles. The first-order valence-electron chi connectivity index (χ1n) is 7.44. The van der Waals surface area contributed by atoms with Crippen LogP contribution in [0.2, 0.25) is 0 Å². The number of amides is 1. The largest absolute Gasteiger partial charge is 0.494 e. The van der Waals surface area contributed by atoms with Crippen molar-refractivity contribution in [3.63, 3.8) is 0 Å². The molecule has 1 saturated heterocycles. The van der Waals surface area contributed by atoms with Gasteiger partial charge in [-0.15, -0.1) is 0 Å². The lowest BCUT2D eigenvalue weighted by Crippen LogP contribution is -2.57. The predicted octanol–water partition coefficient (Wildman–Crippen LogP) is 3.30. The Morgan fingerprint density at radius 3 is 2.74 bits per heavy atom. The molecule has 0 unspecified atom stereocenters. The van der Waals surface area contributed by atoms with Crippen molar-refractivity contribution in [1.29, 1.82) is 0 Å². The van der Waals surface area contributed by atoms with E-state index in [-0.39, 0.29) is 12.2 Å². The minimum absolute atomic E-state index is 0.0472. The first kappa shape index (κ1) is 15.9. The summed E-state index contributed by atoms with van der Waals surface area (Å²) in [5.74, 6) is 0.734. The third-order valence-corrected chi connectivity index (χ3v) is 4.26. The second-order valence-corrected chi connectivity index (χ2v) is 7.41. The van der Waals surface area contributed by atoms with Crippen LogP contribution in [0.1, 0.15) is 20.8 Å². The van der Waals surface area contributed by atoms with Gasteiger partial charge in [0.1, 0.15) is 23.0 Å². The van der Waals surface area contributed by atoms with Gasteiger partial charge in [-0.05, 0) is 32.9 Å². The van der Waals surface area contributed by atoms with Crippen LogP contribution in [0, 0.1) is 0 Å². The third kappa shape index (κ3) is 3.50. The van der Waals surface area contributed by atoms with Crippen molar-refractivity contribution in [2.24, 2.45) is 0 Å². The highest BCUT2D eigenvalue weighted by Crippen LogP contribution is 2.34. The monoisotopic (exact) mass is 336 g/mol. The summed E-state index contributed by atoms with van der Waals surface area (Å²) in [5, 5.41) is 0.596. The number of thiazole rings is 1. The predicted molar refractivity (Wildman–Crippen MR) is 88.4 cm³/mol. The van der Waals surface area contributed by atoms with Crippen LogP contribution in [0.25, 0.3) is 10.2 Å². The van der Waals surface area contributed by atoms with Gasteiger partial charge < -0.3 is 19.1 Å². The Morgan fingerprint density at radius 2 is 2.09 bits per heavy atom. The van der Waals surface area contributed by atoms with Crippen LogP contribution >= 0.6 is 11.3 Å². The number of methoxy groups -OCH3 is 1. The van der Waals surface area contributed by atoms with Crippen LogP contribution in [0.15, 0.2) is 18.2 Å². The van der Waals surface area contributed by atoms with Crippen LogP contribution in [-0.4, -0.2) is 47.9 Å². The highest BCUT2D eigenvalue weighted by Gasteiger charge is 2.35. The van der Waals surface area contributed by atoms with E-state index in [0.29, 0.717) is 18.3 Å². The second-order valence-electron chi connectivity index (χ2n) is 6.41. The molecule has 1 amide bonds. The highest BCUT2D eigenvalue weighted by molar-refractivity contribution is 7.20. The Kier molecular flexibility index (Phi) is 4.06. The van der Waals surface area contributed by atoms with Gasteiger partial charge >= 0.3 is 6.09 Å². The molecule has 0 radical (unpaired) electrons. The van der Waals surface area contributed by atoms with E-state index in [1.54, 1.807) is 12.0 Å². The number of carbonyl (C=O) groups excluding carboxylic acids is 1. The zero-order chi connectivity index (χ0) is 16.6. The molecule has 1 aliphatic heterocycles. The van der Waals surface area contributed by atoms with Crippen molar-refractivity contribution in [2.45, 2.75) is 32.5 Å². The van der Waals surface area contributed by atoms with Crippen LogP contribution in [-0.2, 0) is 4.74 Å². The van der Waals surface area contributed by atoms with Crippen LogP contribution in [0.5, 0.6) is 10.9 Å². The summed E-state index contributed by atoms with van der Waals surface area (Å²) in [6, 6.07) is 5.78. The Balaban J connectivity index is 1.59. The summed E-state index contributed by atoms with van der Waals surface area (Å²) in [4.78, 5) is 18.0. The number of hydrogen-bond acceptors (Lipinski definition) is 6. The Labute approximate surface area is 139 Å². The van der Waals surface area contributed by atoms with E-state index in [9.17, 15) is 4.79 Å². The van der Waals surface area contributed by atoms with Gasteiger partial charge in [-0.2, -0.15) is 4.98 Å². The molecule has 0 bridgehead atoms. The number of hydrogen-bond donors (Lipinski definition) is 0. The van der Waals surface area contributed by atoms with Crippen LogP contribution in [0.3, 0.4) is 0 Å². The molecular formula is C16H20N2O4S. The molecule has 2 heterocycles. The van der Waals surface area contributed by atoms with E-state index in [0.717, 1.165) is 16.0 Å². The quantitative estimate of drug-likeness (QED) is 0.860. The lowest BCUT2D eigenvalue weighted by molar-refractivity contribution is -0.0221. The Bertz CT molecular complexity index is 716. The maximum absolute atomic E-state index is 11.9. The van der Waals surface area contributed by atoms with Crippen molar-refractivity contribution in [3.8, 4) is 10.9 Å². The maximum atomic E-state index is 11.9. The molecule has 1 aromatic carbocycles. The van der Waals surface area contributed by atoms with E-state index >= 15 is 0 Å². The number of benzene rings is 1. The van der Waals surface area contributed by atoms with Gasteiger partial charge in [-0.3, -0.25) is 0 Å². The van der Waals surface area contributed by atoms with Crippen molar-refractivity contribution >= 4 is 27.6 Å². The zero-order valence-electron chi connectivity index (χ0n) is 13.7. The first-order chi connectivity index (χ1) is 10.9. The fraction of sp³-hybridized carbons (Fsp3) is 0.500. The molecule has 0 atom stereocenters. The summed E-state index contributed by atoms with van der Waals surface area (Å²) in [7, 11) is 1.62. The molecule has 2 aromatic rings. The standard InChI is InChI=1S/C16H20N2O4S/c1-16(2,3)22-15(19)18-8-10(9-18)21-14-17-13-11(20-4)6-5-7-12(13)23-14/h5-7,10H,8-9H2,1-4H3. The third-order valence-electron chi connectivity index (χ3n) is 3.35. The summed E-state index contributed by atoms with van der Waals surface area (Å²) in [6.07, 6.45) is -0.350. The van der Waals surface area contributed by atoms with Crippen LogP contribution in [0.4, 0.5) is 4.79 Å². The normalized spacial score (nSPS) is 15.4. The molecule has 7 heteroatoms. The molecule has 6 nitrogen and oxygen atoms in total. The molecule has 0 saturated carbocycles. The lowest BCUT2D eigenvalue weighted by atomic mass is 10.2. The van der Waals surface area contributed by atoms with Gasteiger partial charge in [0.25, 0.3) is 5.19 Å². The minimum atomic E-state index is -0.480. The van der Waals surface area contributed by atoms with Crippen molar-refractivity contribution in [3.05, 3.63) is 18.2 Å². The summed E-state index contributed by atoms with van der Waals surface area (Å²) in [5.41, 5.74) is 0.324. The van der Waals surface area contributed by atoms with E-state index in [4.69, 9.17) is 14.2 Å². The number of carbonyl (C=O) groups is 1. The minimum Gasteiger partial charge on any atom is -0.494 e. The van der Waals surface area contributed by atoms with E-state index in [1.807, 2.05) is 39.0 Å². The van der Waals surface area contributed by atoms with Gasteiger partial charge in [0.05, 0.1) is 24.9 Å². The Morgan fingerprint density at radius 1 is 1.35 bits per heavy atom. The molecular weight excluding hydrogens is 316 g/mol. The molecule has 3 rings (SSSR count). The lowest BCUT2D eigenvalue weighted by Gasteiger charge is -2.38. The number of fused-ring (bicyclic) bond motifs is 1. The summed E-state index contributed by atoms with van der Waals surface area (Å²) >= 11 is 1.48. The highest BCUT2D eigenvalue weighted by atomic mass is 32.1. The number of aromatic nitrogens is 1. The molecule has 124 valence electrons. The van der Waals surface area contributed by atoms with E-state index in [2.05, 4.69) is 4.98 Å². The second kappa shape index (κ2) is 5.88. The number of ether oxygens (including phenoxy) is 3. The van der Waals surface area contributed by atoms with E-state index in [1.165, 1.54) is 11.3 Å². The maximum Gasteiger partial charge on any atom is 0.410 e. The van der Waals surface area contributed by atoms with Crippen LogP contribution < -0.4 is 9.47 Å². The van der Waals surface area contributed by atoms with Gasteiger partial charge in [-0.25, -0.2) is 4.79 Å². The first-order valence-corrected chi connectivity index (χ1v) is 8.25. The molecule has 23 heavy (non-hydrogen) atoms. The average Bonchev–Trinajstić information content (AvgIpc) is 2.82. The van der Waals surface area contributed by atoms with Crippen molar-refractivity contribution < 1.29 is 19.0 Å². The number of likely N-dealkylation sites (tertiary alicyclic amines) is 1. The fourth-order valence-corrected chi connectivity index (χ4v) is 3.15. The average molecular weight is 336 g/mol. The van der Waals surface area contributed by atoms with Gasteiger partial charge in [0, 0.05) is 0 Å². The summed E-state index contributed by atoms with van der Waals surface area (Å²) < 4.78 is 17.5.